The fraction of sp³-hybridized carbons (Fsp3) is 0.200. The zero-order chi connectivity index (χ0) is 13.8. The van der Waals surface area contributed by atoms with Gasteiger partial charge in [0.15, 0.2) is 0 Å². The van der Waals surface area contributed by atoms with Gasteiger partial charge in [0.05, 0.1) is 0 Å². The molecule has 1 aromatic rings. The lowest BCUT2D eigenvalue weighted by Crippen LogP contribution is -2.19. The summed E-state index contributed by atoms with van der Waals surface area (Å²) in [6, 6.07) is 7.41. The highest BCUT2D eigenvalue weighted by molar-refractivity contribution is 14.1. The first kappa shape index (κ1) is 14.0. The van der Waals surface area contributed by atoms with E-state index >= 15 is 0 Å². The highest BCUT2D eigenvalue weighted by atomic mass is 127. The standard InChI is InChI=1S/C15H14INO2/c1-17-15(19)13-9-5-3-7-11(13)10-6-2-4-8-12(10)14(16)18/h3-5,7-9H,2,6H2,1H3,(H,17,19). The van der Waals surface area contributed by atoms with Crippen LogP contribution in [0.1, 0.15) is 28.8 Å². The Labute approximate surface area is 125 Å². The van der Waals surface area contributed by atoms with Crippen LogP contribution in [0.15, 0.2) is 42.0 Å². The van der Waals surface area contributed by atoms with Gasteiger partial charge in [0.2, 0.25) is 3.79 Å². The predicted octanol–water partition coefficient (Wildman–Crippen LogP) is 3.11. The van der Waals surface area contributed by atoms with Crippen LogP contribution in [0.25, 0.3) is 5.57 Å². The number of halogens is 1. The third kappa shape index (κ3) is 2.94. The number of carbonyl (C=O) groups is 2. The Kier molecular flexibility index (Phi) is 4.52. The highest BCUT2D eigenvalue weighted by Crippen LogP contribution is 2.32. The first-order valence-corrected chi connectivity index (χ1v) is 7.14. The van der Waals surface area contributed by atoms with Crippen LogP contribution in [0.3, 0.4) is 0 Å². The molecule has 19 heavy (non-hydrogen) atoms. The molecule has 0 saturated carbocycles. The summed E-state index contributed by atoms with van der Waals surface area (Å²) in [5.74, 6) is -0.127. The molecule has 1 aromatic carbocycles. The molecule has 98 valence electrons. The second kappa shape index (κ2) is 6.14. The summed E-state index contributed by atoms with van der Waals surface area (Å²) in [6.07, 6.45) is 5.53. The van der Waals surface area contributed by atoms with Crippen molar-refractivity contribution in [2.24, 2.45) is 0 Å². The number of benzene rings is 1. The molecule has 0 aliphatic heterocycles. The van der Waals surface area contributed by atoms with E-state index in [0.717, 1.165) is 24.0 Å². The smallest absolute Gasteiger partial charge is 0.251 e. The van der Waals surface area contributed by atoms with E-state index in [2.05, 4.69) is 5.32 Å². The number of hydrogen-bond acceptors (Lipinski definition) is 2. The molecule has 0 saturated heterocycles. The maximum atomic E-state index is 11.9. The molecule has 1 N–H and O–H groups in total. The van der Waals surface area contributed by atoms with E-state index in [1.54, 1.807) is 35.7 Å². The third-order valence-electron chi connectivity index (χ3n) is 3.11. The summed E-state index contributed by atoms with van der Waals surface area (Å²) in [4.78, 5) is 23.6. The van der Waals surface area contributed by atoms with Crippen molar-refractivity contribution in [1.82, 2.24) is 5.32 Å². The second-order valence-electron chi connectivity index (χ2n) is 4.23. The molecule has 4 heteroatoms. The SMILES string of the molecule is CNC(=O)c1ccccc1C1=C(C(=O)I)C=CCC1. The van der Waals surface area contributed by atoms with Gasteiger partial charge in [-0.2, -0.15) is 0 Å². The first-order valence-electron chi connectivity index (χ1n) is 6.06. The van der Waals surface area contributed by atoms with Crippen LogP contribution >= 0.6 is 22.6 Å². The average Bonchev–Trinajstić information content (AvgIpc) is 2.46. The number of carbonyl (C=O) groups excluding carboxylic acids is 2. The highest BCUT2D eigenvalue weighted by Gasteiger charge is 2.19. The number of allylic oxidation sites excluding steroid dienone is 4. The minimum Gasteiger partial charge on any atom is -0.355 e. The van der Waals surface area contributed by atoms with Crippen LogP contribution in [0.2, 0.25) is 0 Å². The summed E-state index contributed by atoms with van der Waals surface area (Å²) in [5, 5.41) is 2.64. The molecule has 0 atom stereocenters. The second-order valence-corrected chi connectivity index (χ2v) is 5.21. The van der Waals surface area contributed by atoms with E-state index in [1.165, 1.54) is 0 Å². The largest absolute Gasteiger partial charge is 0.355 e. The van der Waals surface area contributed by atoms with Gasteiger partial charge in [-0.3, -0.25) is 9.59 Å². The van der Waals surface area contributed by atoms with Crippen LogP contribution in [-0.4, -0.2) is 16.7 Å². The van der Waals surface area contributed by atoms with Gasteiger partial charge < -0.3 is 5.32 Å². The molecule has 0 aromatic heterocycles. The number of nitrogens with one attached hydrogen (secondary N) is 1. The maximum Gasteiger partial charge on any atom is 0.251 e. The van der Waals surface area contributed by atoms with E-state index in [-0.39, 0.29) is 9.70 Å². The Hall–Kier alpha value is -1.43. The molecule has 0 unspecified atom stereocenters. The van der Waals surface area contributed by atoms with Crippen LogP contribution in [0, 0.1) is 0 Å². The van der Waals surface area contributed by atoms with Crippen molar-refractivity contribution in [3.63, 3.8) is 0 Å². The molecule has 0 radical (unpaired) electrons. The maximum absolute atomic E-state index is 11.9. The Balaban J connectivity index is 2.60. The van der Waals surface area contributed by atoms with Gasteiger partial charge in [-0.15, -0.1) is 0 Å². The van der Waals surface area contributed by atoms with Crippen molar-refractivity contribution < 1.29 is 9.59 Å². The Morgan fingerprint density at radius 1 is 1.26 bits per heavy atom. The van der Waals surface area contributed by atoms with Gasteiger partial charge in [-0.05, 0) is 30.0 Å². The van der Waals surface area contributed by atoms with Crippen LogP contribution in [-0.2, 0) is 4.79 Å². The summed E-state index contributed by atoms with van der Waals surface area (Å²) in [7, 11) is 1.61. The number of hydrogen-bond donors (Lipinski definition) is 1. The molecule has 2 rings (SSSR count). The van der Waals surface area contributed by atoms with Crippen LogP contribution < -0.4 is 5.32 Å². The van der Waals surface area contributed by atoms with Crippen molar-refractivity contribution >= 4 is 37.9 Å². The van der Waals surface area contributed by atoms with Crippen molar-refractivity contribution in [3.05, 3.63) is 53.1 Å². The molecule has 1 amide bonds. The van der Waals surface area contributed by atoms with Crippen molar-refractivity contribution in [3.8, 4) is 0 Å². The lowest BCUT2D eigenvalue weighted by atomic mass is 9.89. The fourth-order valence-corrected chi connectivity index (χ4v) is 2.71. The molecule has 0 bridgehead atoms. The molecule has 0 fully saturated rings. The van der Waals surface area contributed by atoms with Crippen LogP contribution in [0.4, 0.5) is 0 Å². The summed E-state index contributed by atoms with van der Waals surface area (Å²) in [5.41, 5.74) is 3.13. The lowest BCUT2D eigenvalue weighted by Gasteiger charge is -2.16. The molecule has 1 aliphatic carbocycles. The van der Waals surface area contributed by atoms with Gasteiger partial charge in [0, 0.05) is 40.8 Å². The first-order chi connectivity index (χ1) is 9.15. The van der Waals surface area contributed by atoms with Crippen LogP contribution in [0.5, 0.6) is 0 Å². The zero-order valence-corrected chi connectivity index (χ0v) is 12.7. The summed E-state index contributed by atoms with van der Waals surface area (Å²) >= 11 is 1.79. The van der Waals surface area contributed by atoms with Crippen molar-refractivity contribution in [2.45, 2.75) is 12.8 Å². The van der Waals surface area contributed by atoms with E-state index in [1.807, 2.05) is 30.4 Å². The predicted molar refractivity (Wildman–Crippen MR) is 84.2 cm³/mol. The molecular formula is C15H14INO2. The summed E-state index contributed by atoms with van der Waals surface area (Å²) in [6.45, 7) is 0. The van der Waals surface area contributed by atoms with E-state index in [9.17, 15) is 9.59 Å². The molecule has 0 spiro atoms. The van der Waals surface area contributed by atoms with Crippen molar-refractivity contribution in [1.29, 1.82) is 0 Å². The molecule has 0 heterocycles. The quantitative estimate of drug-likeness (QED) is 0.659. The molecule has 1 aliphatic rings. The van der Waals surface area contributed by atoms with E-state index < -0.39 is 0 Å². The minimum atomic E-state index is -0.127. The van der Waals surface area contributed by atoms with Gasteiger partial charge in [0.25, 0.3) is 5.91 Å². The molecular weight excluding hydrogens is 353 g/mol. The van der Waals surface area contributed by atoms with Crippen molar-refractivity contribution in [2.75, 3.05) is 7.05 Å². The fourth-order valence-electron chi connectivity index (χ4n) is 2.21. The Bertz CT molecular complexity index is 588. The Morgan fingerprint density at radius 2 is 2.00 bits per heavy atom. The number of amides is 1. The monoisotopic (exact) mass is 367 g/mol. The normalized spacial score (nSPS) is 14.4. The molecule has 3 nitrogen and oxygen atoms in total. The zero-order valence-electron chi connectivity index (χ0n) is 10.6. The van der Waals surface area contributed by atoms with Gasteiger partial charge in [0.1, 0.15) is 0 Å². The summed E-state index contributed by atoms with van der Waals surface area (Å²) < 4.78 is 0.00950. The average molecular weight is 367 g/mol. The van der Waals surface area contributed by atoms with Gasteiger partial charge >= 0.3 is 0 Å². The lowest BCUT2D eigenvalue weighted by molar-refractivity contribution is -0.106. The van der Waals surface area contributed by atoms with Gasteiger partial charge in [-0.1, -0.05) is 30.4 Å². The van der Waals surface area contributed by atoms with Gasteiger partial charge in [-0.25, -0.2) is 0 Å². The third-order valence-corrected chi connectivity index (χ3v) is 3.69. The minimum absolute atomic E-state index is 0.00950. The van der Waals surface area contributed by atoms with E-state index in [4.69, 9.17) is 0 Å². The number of rotatable bonds is 3. The topological polar surface area (TPSA) is 46.2 Å². The Morgan fingerprint density at radius 3 is 2.68 bits per heavy atom. The van der Waals surface area contributed by atoms with E-state index in [0.29, 0.717) is 11.1 Å².